The number of thioether (sulfide) groups is 1. The number of unbranched alkanes of at least 4 members (excludes halogenated alkanes) is 1. The molecule has 41 heavy (non-hydrogen) atoms. The molecule has 0 spiro atoms. The van der Waals surface area contributed by atoms with Gasteiger partial charge < -0.3 is 37.8 Å². The summed E-state index contributed by atoms with van der Waals surface area (Å²) in [6, 6.07) is -1.65. The number of carboxylic acids is 1. The van der Waals surface area contributed by atoms with Gasteiger partial charge in [-0.2, -0.15) is 0 Å². The second-order valence-electron chi connectivity index (χ2n) is 8.92. The number of carboxylic acid groups (broad SMARTS) is 1. The average Bonchev–Trinajstić information content (AvgIpc) is 2.91. The van der Waals surface area contributed by atoms with Gasteiger partial charge in [0, 0.05) is 32.8 Å². The summed E-state index contributed by atoms with van der Waals surface area (Å²) in [5.74, 6) is -5.51. The van der Waals surface area contributed by atoms with Crippen LogP contribution in [0.2, 0.25) is 0 Å². The van der Waals surface area contributed by atoms with E-state index in [0.29, 0.717) is 19.4 Å². The highest BCUT2D eigenvalue weighted by Gasteiger charge is 2.32. The summed E-state index contributed by atoms with van der Waals surface area (Å²) in [5, 5.41) is 30.5. The third-order valence-electron chi connectivity index (χ3n) is 5.80. The van der Waals surface area contributed by atoms with Crippen molar-refractivity contribution in [2.24, 2.45) is 11.5 Å². The van der Waals surface area contributed by atoms with Crippen molar-refractivity contribution in [3.05, 3.63) is 31.4 Å². The van der Waals surface area contributed by atoms with Gasteiger partial charge in [0.2, 0.25) is 23.6 Å². The molecule has 1 aliphatic rings. The molecule has 5 amide bonds. The van der Waals surface area contributed by atoms with Crippen molar-refractivity contribution >= 4 is 75.5 Å². The molecule has 0 bridgehead atoms. The number of hydrogen-bond acceptors (Lipinski definition) is 10. The molecule has 0 saturated carbocycles. The van der Waals surface area contributed by atoms with Crippen molar-refractivity contribution in [1.82, 2.24) is 21.3 Å². The van der Waals surface area contributed by atoms with Gasteiger partial charge in [0.05, 0.1) is 17.0 Å². The van der Waals surface area contributed by atoms with Gasteiger partial charge in [-0.05, 0) is 54.8 Å². The number of benzene rings is 1. The third-order valence-corrected chi connectivity index (χ3v) is 8.24. The first-order chi connectivity index (χ1) is 19.3. The minimum Gasteiger partial charge on any atom is -0.481 e. The van der Waals surface area contributed by atoms with Crippen molar-refractivity contribution in [3.63, 3.8) is 0 Å². The van der Waals surface area contributed by atoms with E-state index in [4.69, 9.17) is 16.6 Å². The highest BCUT2D eigenvalue weighted by atomic mass is 127. The lowest BCUT2D eigenvalue weighted by Crippen LogP contribution is -2.57. The minimum absolute atomic E-state index is 0.113. The lowest BCUT2D eigenvalue weighted by Gasteiger charge is -2.24. The summed E-state index contributed by atoms with van der Waals surface area (Å²) in [6.07, 6.45) is 0.210. The fourth-order valence-corrected chi connectivity index (χ4v) is 5.87. The summed E-state index contributed by atoms with van der Waals surface area (Å²) in [4.78, 5) is 86.2. The van der Waals surface area contributed by atoms with Gasteiger partial charge in [0.1, 0.15) is 18.1 Å². The quantitative estimate of drug-likeness (QED) is 0.0633. The molecule has 0 saturated heterocycles. The zero-order valence-electron chi connectivity index (χ0n) is 21.6. The predicted octanol–water partition coefficient (Wildman–Crippen LogP) is -1.03. The summed E-state index contributed by atoms with van der Waals surface area (Å²) < 4.78 is 0.274. The van der Waals surface area contributed by atoms with Crippen LogP contribution in [0.4, 0.5) is 5.69 Å². The monoisotopic (exact) mass is 707 g/mol. The number of carbonyl (C=O) groups is 6. The second kappa shape index (κ2) is 16.1. The van der Waals surface area contributed by atoms with E-state index in [0.717, 1.165) is 17.8 Å². The van der Waals surface area contributed by atoms with Crippen molar-refractivity contribution < 1.29 is 38.8 Å². The fourth-order valence-electron chi connectivity index (χ4n) is 3.73. The molecule has 0 radical (unpaired) electrons. The molecule has 0 unspecified atom stereocenters. The van der Waals surface area contributed by atoms with E-state index in [1.807, 2.05) is 0 Å². The Morgan fingerprint density at radius 1 is 1.10 bits per heavy atom. The number of rotatable bonds is 11. The normalized spacial score (nSPS) is 19.7. The van der Waals surface area contributed by atoms with E-state index in [1.54, 1.807) is 22.6 Å². The van der Waals surface area contributed by atoms with Crippen LogP contribution in [0.5, 0.6) is 0 Å². The maximum absolute atomic E-state index is 13.4. The van der Waals surface area contributed by atoms with Crippen molar-refractivity contribution in [2.75, 3.05) is 18.8 Å². The fraction of sp³-hybridized carbons (Fsp3) is 0.478. The third kappa shape index (κ3) is 10.4. The summed E-state index contributed by atoms with van der Waals surface area (Å²) in [7, 11) is 0. The molecule has 0 aliphatic carbocycles. The number of fused-ring (bicyclic) bond motifs is 1. The number of primary amides is 1. The van der Waals surface area contributed by atoms with Crippen LogP contribution < -0.4 is 32.7 Å². The van der Waals surface area contributed by atoms with Crippen LogP contribution in [0, 0.1) is 13.7 Å². The number of hydrogen-bond donors (Lipinski definition) is 7. The van der Waals surface area contributed by atoms with Crippen LogP contribution in [0.1, 0.15) is 42.5 Å². The largest absolute Gasteiger partial charge is 0.481 e. The number of nitro benzene ring substituents is 1. The van der Waals surface area contributed by atoms with Crippen LogP contribution >= 0.6 is 34.4 Å². The maximum Gasteiger partial charge on any atom is 0.303 e. The molecule has 16 nitrogen and oxygen atoms in total. The van der Waals surface area contributed by atoms with Gasteiger partial charge in [-0.15, -0.1) is 11.8 Å². The second-order valence-corrected chi connectivity index (χ2v) is 11.1. The molecule has 9 N–H and O–H groups in total. The van der Waals surface area contributed by atoms with Crippen LogP contribution in [-0.4, -0.2) is 82.5 Å². The van der Waals surface area contributed by atoms with Crippen molar-refractivity contribution in [1.29, 1.82) is 0 Å². The predicted molar refractivity (Wildman–Crippen MR) is 154 cm³/mol. The van der Waals surface area contributed by atoms with E-state index in [9.17, 15) is 38.9 Å². The Bertz CT molecular complexity index is 1220. The molecule has 1 aromatic rings. The van der Waals surface area contributed by atoms with Crippen molar-refractivity contribution in [3.8, 4) is 0 Å². The molecule has 0 fully saturated rings. The minimum atomic E-state index is -1.41. The molecule has 0 aromatic heterocycles. The van der Waals surface area contributed by atoms with Gasteiger partial charge in [-0.1, -0.05) is 0 Å². The standard InChI is InChI=1S/C23H30IN7O9S/c24-13-8-11(31(39)40)7-12-19(13)41-10-16(21(36)27-9-17(26)32)30-22(37)14(3-1-2-6-25)29-23(38)15(28-20(12)35)4-5-18(33)34/h7-8,14-16H,1-6,9-10,25H2,(H2,26,32)(H,27,36)(H,28,35)(H,29,38)(H,30,37)(H,33,34)/t14-,15-,16-/m0/s1. The molecular weight excluding hydrogens is 677 g/mol. The van der Waals surface area contributed by atoms with E-state index < -0.39 is 77.2 Å². The molecule has 1 aliphatic heterocycles. The summed E-state index contributed by atoms with van der Waals surface area (Å²) in [5.41, 5.74) is 10.1. The molecular formula is C23H30IN7O9S. The van der Waals surface area contributed by atoms with Gasteiger partial charge in [-0.3, -0.25) is 38.9 Å². The molecule has 1 aromatic carbocycles. The Labute approximate surface area is 251 Å². The Balaban J connectivity index is 2.59. The lowest BCUT2D eigenvalue weighted by molar-refractivity contribution is -0.385. The highest BCUT2D eigenvalue weighted by Crippen LogP contribution is 2.33. The first-order valence-electron chi connectivity index (χ1n) is 12.3. The van der Waals surface area contributed by atoms with E-state index in [1.165, 1.54) is 6.07 Å². The van der Waals surface area contributed by atoms with Gasteiger partial charge >= 0.3 is 5.97 Å². The Morgan fingerprint density at radius 3 is 2.37 bits per heavy atom. The Morgan fingerprint density at radius 2 is 1.76 bits per heavy atom. The Kier molecular flexibility index (Phi) is 13.2. The van der Waals surface area contributed by atoms with Crippen LogP contribution in [-0.2, 0) is 24.0 Å². The van der Waals surface area contributed by atoms with Crippen molar-refractivity contribution in [2.45, 2.75) is 55.1 Å². The van der Waals surface area contributed by atoms with Crippen LogP contribution in [0.15, 0.2) is 17.0 Å². The van der Waals surface area contributed by atoms with Crippen LogP contribution in [0.25, 0.3) is 0 Å². The number of nitro groups is 1. The zero-order valence-corrected chi connectivity index (χ0v) is 24.6. The van der Waals surface area contributed by atoms with E-state index >= 15 is 0 Å². The number of halogens is 1. The molecule has 224 valence electrons. The number of aliphatic carboxylic acids is 1. The summed E-state index contributed by atoms with van der Waals surface area (Å²) >= 11 is 2.71. The number of nitrogens with one attached hydrogen (secondary N) is 4. The van der Waals surface area contributed by atoms with Gasteiger partial charge in [0.25, 0.3) is 11.6 Å². The highest BCUT2D eigenvalue weighted by molar-refractivity contribution is 14.1. The van der Waals surface area contributed by atoms with Gasteiger partial charge in [0.15, 0.2) is 0 Å². The first kappa shape index (κ1) is 33.7. The molecule has 3 atom stereocenters. The molecule has 1 heterocycles. The number of carbonyl (C=O) groups excluding carboxylic acids is 5. The number of nitrogens with zero attached hydrogens (tertiary/aromatic N) is 1. The number of non-ortho nitro benzene ring substituents is 1. The number of nitrogens with two attached hydrogens (primary N) is 2. The van der Waals surface area contributed by atoms with Crippen LogP contribution in [0.3, 0.4) is 0 Å². The Hall–Kier alpha value is -3.52. The first-order valence-corrected chi connectivity index (χ1v) is 14.4. The summed E-state index contributed by atoms with van der Waals surface area (Å²) in [6.45, 7) is -0.197. The topological polar surface area (TPSA) is 266 Å². The van der Waals surface area contributed by atoms with Gasteiger partial charge in [-0.25, -0.2) is 0 Å². The zero-order chi connectivity index (χ0) is 30.7. The van der Waals surface area contributed by atoms with E-state index in [-0.39, 0.29) is 32.6 Å². The number of amides is 5. The maximum atomic E-state index is 13.4. The average molecular weight is 708 g/mol. The molecule has 2 rings (SSSR count). The smallest absolute Gasteiger partial charge is 0.303 e. The SMILES string of the molecule is NCCCC[C@@H]1NC(=O)[C@H](CCC(=O)O)NC(=O)c2cc([N+](=O)[O-])cc(I)c2SC[C@@H](C(=O)NCC(N)=O)NC1=O. The lowest BCUT2D eigenvalue weighted by atomic mass is 10.1. The van der Waals surface area contributed by atoms with E-state index in [2.05, 4.69) is 21.3 Å². The molecule has 18 heteroatoms.